The molecule has 1 aromatic heterocycles. The lowest BCUT2D eigenvalue weighted by atomic mass is 10.1. The first kappa shape index (κ1) is 21.2. The summed E-state index contributed by atoms with van der Waals surface area (Å²) in [4.78, 5) is -0.304. The number of aromatic nitrogens is 2. The third-order valence-corrected chi connectivity index (χ3v) is 4.25. The summed E-state index contributed by atoms with van der Waals surface area (Å²) < 4.78 is 63.6. The molecule has 0 amide bonds. The molecule has 6 nitrogen and oxygen atoms in total. The molecular weight excluding hydrogens is 345 g/mol. The summed E-state index contributed by atoms with van der Waals surface area (Å²) in [5.74, 6) is 0. The largest absolute Gasteiger partial charge is 0.408 e. The Balaban J connectivity index is 0.00000441. The standard InChI is InChI=1S/C11H19F3N4O2S.ClH/c1-2-3-4-9(5-15)17-21(19,20)10-6-16-18(7-10)8-11(12,13)14;/h6-7,9,17H,2-5,8,15H2,1H3;1H. The second-order valence-corrected chi connectivity index (χ2v) is 6.40. The van der Waals surface area contributed by atoms with Crippen LogP contribution in [0.15, 0.2) is 17.3 Å². The van der Waals surface area contributed by atoms with Crippen LogP contribution in [0.3, 0.4) is 0 Å². The van der Waals surface area contributed by atoms with Crippen LogP contribution in [0.4, 0.5) is 13.2 Å². The van der Waals surface area contributed by atoms with Gasteiger partial charge in [-0.25, -0.2) is 13.1 Å². The molecule has 0 bridgehead atoms. The van der Waals surface area contributed by atoms with Crippen LogP contribution in [0.1, 0.15) is 26.2 Å². The average Bonchev–Trinajstić information content (AvgIpc) is 2.81. The van der Waals surface area contributed by atoms with Crippen molar-refractivity contribution in [2.75, 3.05) is 6.54 Å². The van der Waals surface area contributed by atoms with Crippen LogP contribution < -0.4 is 10.5 Å². The highest BCUT2D eigenvalue weighted by Crippen LogP contribution is 2.18. The quantitative estimate of drug-likeness (QED) is 0.734. The van der Waals surface area contributed by atoms with Gasteiger partial charge in [-0.15, -0.1) is 12.4 Å². The maximum Gasteiger partial charge on any atom is 0.408 e. The molecule has 11 heteroatoms. The Kier molecular flexibility index (Phi) is 8.37. The highest BCUT2D eigenvalue weighted by Gasteiger charge is 2.29. The number of sulfonamides is 1. The molecule has 1 unspecified atom stereocenters. The number of alkyl halides is 3. The summed E-state index contributed by atoms with van der Waals surface area (Å²) in [6.45, 7) is 0.748. The van der Waals surface area contributed by atoms with Gasteiger partial charge in [-0.05, 0) is 6.42 Å². The van der Waals surface area contributed by atoms with Crippen molar-refractivity contribution in [3.05, 3.63) is 12.4 Å². The molecule has 1 aromatic rings. The van der Waals surface area contributed by atoms with E-state index in [-0.39, 0.29) is 23.8 Å². The molecule has 0 saturated heterocycles. The van der Waals surface area contributed by atoms with Gasteiger partial charge in [0.05, 0.1) is 6.20 Å². The minimum Gasteiger partial charge on any atom is -0.329 e. The number of nitrogens with one attached hydrogen (secondary N) is 1. The number of nitrogens with two attached hydrogens (primary N) is 1. The van der Waals surface area contributed by atoms with E-state index < -0.39 is 28.8 Å². The van der Waals surface area contributed by atoms with Crippen molar-refractivity contribution in [1.29, 1.82) is 0 Å². The van der Waals surface area contributed by atoms with E-state index in [1.165, 1.54) is 0 Å². The summed E-state index contributed by atoms with van der Waals surface area (Å²) in [6, 6.07) is -0.444. The Labute approximate surface area is 133 Å². The second kappa shape index (κ2) is 8.70. The SMILES string of the molecule is CCCCC(CN)NS(=O)(=O)c1cnn(CC(F)(F)F)c1.Cl. The number of halogens is 4. The topological polar surface area (TPSA) is 90.0 Å². The molecule has 1 rings (SSSR count). The fourth-order valence-electron chi connectivity index (χ4n) is 1.72. The summed E-state index contributed by atoms with van der Waals surface area (Å²) in [5, 5.41) is 3.41. The summed E-state index contributed by atoms with van der Waals surface area (Å²) in [6.07, 6.45) is -0.450. The first-order valence-corrected chi connectivity index (χ1v) is 7.98. The lowest BCUT2D eigenvalue weighted by molar-refractivity contribution is -0.142. The van der Waals surface area contributed by atoms with Crippen LogP contribution in [0.25, 0.3) is 0 Å². The number of rotatable bonds is 8. The number of nitrogens with zero attached hydrogens (tertiary/aromatic N) is 2. The van der Waals surface area contributed by atoms with E-state index in [0.717, 1.165) is 25.2 Å². The molecule has 3 N–H and O–H groups in total. The van der Waals surface area contributed by atoms with Crippen molar-refractivity contribution in [2.45, 2.75) is 49.8 Å². The van der Waals surface area contributed by atoms with Crippen molar-refractivity contribution in [2.24, 2.45) is 5.73 Å². The number of hydrogen-bond donors (Lipinski definition) is 2. The normalized spacial score (nSPS) is 13.7. The van der Waals surface area contributed by atoms with Gasteiger partial charge in [-0.2, -0.15) is 18.3 Å². The van der Waals surface area contributed by atoms with Gasteiger partial charge in [0.1, 0.15) is 11.4 Å². The summed E-state index contributed by atoms with van der Waals surface area (Å²) in [7, 11) is -3.92. The monoisotopic (exact) mass is 364 g/mol. The van der Waals surface area contributed by atoms with Gasteiger partial charge in [0.15, 0.2) is 0 Å². The van der Waals surface area contributed by atoms with Gasteiger partial charge < -0.3 is 5.73 Å². The first-order chi connectivity index (χ1) is 9.68. The molecule has 0 radical (unpaired) electrons. The maximum atomic E-state index is 12.2. The van der Waals surface area contributed by atoms with Crippen LogP contribution in [-0.4, -0.2) is 37.0 Å². The minimum atomic E-state index is -4.46. The van der Waals surface area contributed by atoms with Crippen molar-refractivity contribution in [3.63, 3.8) is 0 Å². The smallest absolute Gasteiger partial charge is 0.329 e. The lowest BCUT2D eigenvalue weighted by Crippen LogP contribution is -2.40. The molecule has 1 heterocycles. The zero-order valence-corrected chi connectivity index (χ0v) is 13.6. The third kappa shape index (κ3) is 6.95. The van der Waals surface area contributed by atoms with Gasteiger partial charge in [0.25, 0.3) is 0 Å². The molecule has 130 valence electrons. The van der Waals surface area contributed by atoms with Crippen molar-refractivity contribution in [1.82, 2.24) is 14.5 Å². The van der Waals surface area contributed by atoms with E-state index >= 15 is 0 Å². The van der Waals surface area contributed by atoms with Gasteiger partial charge in [-0.1, -0.05) is 19.8 Å². The third-order valence-electron chi connectivity index (χ3n) is 2.77. The van der Waals surface area contributed by atoms with Crippen LogP contribution in [-0.2, 0) is 16.6 Å². The Morgan fingerprint density at radius 2 is 2.09 bits per heavy atom. The first-order valence-electron chi connectivity index (χ1n) is 6.49. The molecule has 0 aliphatic carbocycles. The van der Waals surface area contributed by atoms with E-state index in [2.05, 4.69) is 9.82 Å². The zero-order chi connectivity index (χ0) is 16.1. The van der Waals surface area contributed by atoms with Gasteiger partial charge in [-0.3, -0.25) is 4.68 Å². The van der Waals surface area contributed by atoms with E-state index in [9.17, 15) is 21.6 Å². The molecule has 1 atom stereocenters. The van der Waals surface area contributed by atoms with Crippen molar-refractivity contribution >= 4 is 22.4 Å². The average molecular weight is 365 g/mol. The Morgan fingerprint density at radius 1 is 1.45 bits per heavy atom. The van der Waals surface area contributed by atoms with Gasteiger partial charge in [0.2, 0.25) is 10.0 Å². The van der Waals surface area contributed by atoms with Crippen LogP contribution in [0, 0.1) is 0 Å². The van der Waals surface area contributed by atoms with Crippen molar-refractivity contribution < 1.29 is 21.6 Å². The maximum absolute atomic E-state index is 12.2. The molecule has 0 aromatic carbocycles. The summed E-state index contributed by atoms with van der Waals surface area (Å²) >= 11 is 0. The Hall–Kier alpha value is -0.840. The van der Waals surface area contributed by atoms with Crippen LogP contribution in [0.2, 0.25) is 0 Å². The lowest BCUT2D eigenvalue weighted by Gasteiger charge is -2.15. The molecule has 0 fully saturated rings. The number of unbranched alkanes of at least 4 members (excludes halogenated alkanes) is 1. The molecule has 0 spiro atoms. The number of hydrogen-bond acceptors (Lipinski definition) is 4. The van der Waals surface area contributed by atoms with E-state index in [4.69, 9.17) is 5.73 Å². The summed E-state index contributed by atoms with van der Waals surface area (Å²) in [5.41, 5.74) is 5.49. The predicted molar refractivity (Wildman–Crippen MR) is 78.2 cm³/mol. The molecule has 0 aliphatic heterocycles. The molecule has 0 saturated carbocycles. The van der Waals surface area contributed by atoms with E-state index in [1.807, 2.05) is 6.92 Å². The van der Waals surface area contributed by atoms with Crippen molar-refractivity contribution in [3.8, 4) is 0 Å². The van der Waals surface area contributed by atoms with Crippen LogP contribution in [0.5, 0.6) is 0 Å². The fourth-order valence-corrected chi connectivity index (χ4v) is 2.95. The molecule has 22 heavy (non-hydrogen) atoms. The Morgan fingerprint density at radius 3 is 2.59 bits per heavy atom. The highest BCUT2D eigenvalue weighted by molar-refractivity contribution is 7.89. The van der Waals surface area contributed by atoms with Gasteiger partial charge in [0, 0.05) is 18.8 Å². The Bertz CT molecular complexity index is 548. The van der Waals surface area contributed by atoms with Gasteiger partial charge >= 0.3 is 6.18 Å². The minimum absolute atomic E-state index is 0. The van der Waals surface area contributed by atoms with E-state index in [1.54, 1.807) is 0 Å². The highest BCUT2D eigenvalue weighted by atomic mass is 35.5. The molecule has 0 aliphatic rings. The fraction of sp³-hybridized carbons (Fsp3) is 0.727. The zero-order valence-electron chi connectivity index (χ0n) is 12.0. The molecular formula is C11H20ClF3N4O2S. The van der Waals surface area contributed by atoms with E-state index in [0.29, 0.717) is 11.1 Å². The predicted octanol–water partition coefficient (Wildman–Crippen LogP) is 1.66. The van der Waals surface area contributed by atoms with Crippen LogP contribution >= 0.6 is 12.4 Å². The second-order valence-electron chi connectivity index (χ2n) is 4.68.